The van der Waals surface area contributed by atoms with E-state index in [4.69, 9.17) is 4.74 Å². The fourth-order valence-corrected chi connectivity index (χ4v) is 9.86. The average molecular weight is 476 g/mol. The topological polar surface area (TPSA) is 69.4 Å². The second-order valence-corrected chi connectivity index (χ2v) is 13.6. The zero-order valence-electron chi connectivity index (χ0n) is 22.6. The molecule has 4 fully saturated rings. The highest BCUT2D eigenvalue weighted by atomic mass is 16.6. The van der Waals surface area contributed by atoms with Crippen molar-refractivity contribution in [3.05, 3.63) is 10.1 Å². The maximum absolute atomic E-state index is 12.4. The number of ether oxygens (including phenoxy) is 1. The minimum atomic E-state index is -0.491. The van der Waals surface area contributed by atoms with Crippen LogP contribution in [0.25, 0.3) is 0 Å². The first-order chi connectivity index (χ1) is 16.0. The summed E-state index contributed by atoms with van der Waals surface area (Å²) in [6, 6.07) is -0.491. The summed E-state index contributed by atoms with van der Waals surface area (Å²) in [6.45, 7) is 13.5. The van der Waals surface area contributed by atoms with Crippen LogP contribution in [0.4, 0.5) is 0 Å². The maximum Gasteiger partial charge on any atom is 0.302 e. The van der Waals surface area contributed by atoms with Crippen molar-refractivity contribution in [1.82, 2.24) is 0 Å². The molecule has 0 radical (unpaired) electrons. The monoisotopic (exact) mass is 475 g/mol. The summed E-state index contributed by atoms with van der Waals surface area (Å²) in [5.74, 6) is 3.77. The van der Waals surface area contributed by atoms with E-state index in [0.29, 0.717) is 29.6 Å². The van der Waals surface area contributed by atoms with E-state index in [1.165, 1.54) is 51.9 Å². The van der Waals surface area contributed by atoms with Gasteiger partial charge in [-0.25, -0.2) is 0 Å². The molecular formula is C29H49NO4. The van der Waals surface area contributed by atoms with Crippen LogP contribution in [0, 0.1) is 62.4 Å². The van der Waals surface area contributed by atoms with Crippen molar-refractivity contribution >= 4 is 5.97 Å². The van der Waals surface area contributed by atoms with Gasteiger partial charge in [-0.1, -0.05) is 53.9 Å². The highest BCUT2D eigenvalue weighted by molar-refractivity contribution is 5.66. The van der Waals surface area contributed by atoms with Crippen LogP contribution in [-0.2, 0) is 9.53 Å². The van der Waals surface area contributed by atoms with Gasteiger partial charge < -0.3 is 4.74 Å². The van der Waals surface area contributed by atoms with E-state index < -0.39 is 6.04 Å². The Morgan fingerprint density at radius 2 is 1.65 bits per heavy atom. The van der Waals surface area contributed by atoms with Crippen molar-refractivity contribution in [2.45, 2.75) is 124 Å². The number of hydrogen-bond donors (Lipinski definition) is 0. The molecule has 0 aliphatic heterocycles. The fraction of sp³-hybridized carbons (Fsp3) is 0.966. The molecule has 0 aromatic carbocycles. The number of fused-ring (bicyclic) bond motifs is 5. The molecule has 0 aromatic rings. The number of nitrogens with zero attached hydrogens (tertiary/aromatic N) is 1. The summed E-state index contributed by atoms with van der Waals surface area (Å²) in [4.78, 5) is 24.0. The first-order valence-corrected chi connectivity index (χ1v) is 14.3. The lowest BCUT2D eigenvalue weighted by Crippen LogP contribution is -2.60. The summed E-state index contributed by atoms with van der Waals surface area (Å²) in [6.07, 6.45) is 12.1. The summed E-state index contributed by atoms with van der Waals surface area (Å²) in [7, 11) is 0. The Morgan fingerprint density at radius 3 is 2.29 bits per heavy atom. The van der Waals surface area contributed by atoms with Gasteiger partial charge in [-0.05, 0) is 91.3 Å². The number of hydrogen-bond acceptors (Lipinski definition) is 4. The Bertz CT molecular complexity index is 767. The van der Waals surface area contributed by atoms with Crippen LogP contribution in [0.3, 0.4) is 0 Å². The molecule has 4 rings (SSSR count). The molecule has 0 unspecified atom stereocenters. The van der Waals surface area contributed by atoms with Crippen LogP contribution in [0.5, 0.6) is 0 Å². The molecule has 194 valence electrons. The molecule has 4 aliphatic rings. The van der Waals surface area contributed by atoms with Gasteiger partial charge in [-0.3, -0.25) is 14.9 Å². The SMILES string of the molecule is CC(=O)O[C@@H]1CC[C@]2(C)[C@@H]3CC[C@]4(C)[C@H](CC[C@@H]4[C@H](C)CCCC(C)C)[C@H]3C[C@H]([N+](=O)[O-])[C@H]2C1. The van der Waals surface area contributed by atoms with Gasteiger partial charge in [0.05, 0.1) is 0 Å². The summed E-state index contributed by atoms with van der Waals surface area (Å²) in [5, 5.41) is 12.4. The Morgan fingerprint density at radius 1 is 0.971 bits per heavy atom. The van der Waals surface area contributed by atoms with E-state index in [1.807, 2.05) is 0 Å². The molecule has 5 nitrogen and oxygen atoms in total. The Kier molecular flexibility index (Phi) is 7.43. The summed E-state index contributed by atoms with van der Waals surface area (Å²) < 4.78 is 5.56. The molecule has 0 N–H and O–H groups in total. The minimum absolute atomic E-state index is 0.000397. The maximum atomic E-state index is 12.4. The van der Waals surface area contributed by atoms with E-state index in [9.17, 15) is 14.9 Å². The number of carbonyl (C=O) groups is 1. The molecule has 0 saturated heterocycles. The first kappa shape index (κ1) is 25.9. The van der Waals surface area contributed by atoms with Crippen molar-refractivity contribution in [2.75, 3.05) is 0 Å². The number of carbonyl (C=O) groups excluding carboxylic acids is 1. The van der Waals surface area contributed by atoms with Crippen LogP contribution < -0.4 is 0 Å². The molecule has 0 aromatic heterocycles. The molecule has 5 heteroatoms. The zero-order chi connectivity index (χ0) is 24.8. The molecule has 0 heterocycles. The van der Waals surface area contributed by atoms with Gasteiger partial charge in [0.25, 0.3) is 0 Å². The van der Waals surface area contributed by atoms with Gasteiger partial charge in [-0.2, -0.15) is 0 Å². The lowest BCUT2D eigenvalue weighted by atomic mass is 9.43. The van der Waals surface area contributed by atoms with E-state index >= 15 is 0 Å². The number of nitro groups is 1. The van der Waals surface area contributed by atoms with E-state index in [2.05, 4.69) is 34.6 Å². The third kappa shape index (κ3) is 4.54. The average Bonchev–Trinajstić information content (AvgIpc) is 3.10. The standard InChI is InChI=1S/C29H49NO4/c1-18(2)8-7-9-19(3)23-10-11-24-22-17-27(30(32)33)26-16-21(34-20(4)31)12-14-29(26,6)25(22)13-15-28(23,24)5/h18-19,21-27H,7-17H2,1-6H3/t19-,21-,22-,23-,24-,25-,26-,27+,28+,29-/m1/s1. The van der Waals surface area contributed by atoms with Crippen molar-refractivity contribution in [3.8, 4) is 0 Å². The van der Waals surface area contributed by atoms with Crippen LogP contribution in [0.1, 0.15) is 112 Å². The first-order valence-electron chi connectivity index (χ1n) is 14.3. The molecule has 0 amide bonds. The van der Waals surface area contributed by atoms with Gasteiger partial charge in [-0.15, -0.1) is 0 Å². The second kappa shape index (κ2) is 9.73. The number of rotatable bonds is 7. The van der Waals surface area contributed by atoms with Gasteiger partial charge in [0.15, 0.2) is 0 Å². The molecule has 0 spiro atoms. The third-order valence-electron chi connectivity index (χ3n) is 11.4. The summed E-state index contributed by atoms with van der Waals surface area (Å²) >= 11 is 0. The zero-order valence-corrected chi connectivity index (χ0v) is 22.6. The van der Waals surface area contributed by atoms with Gasteiger partial charge >= 0.3 is 5.97 Å². The third-order valence-corrected chi connectivity index (χ3v) is 11.4. The van der Waals surface area contributed by atoms with Crippen molar-refractivity contribution in [3.63, 3.8) is 0 Å². The second-order valence-electron chi connectivity index (χ2n) is 13.6. The minimum Gasteiger partial charge on any atom is -0.463 e. The Labute approximate surface area is 207 Å². The lowest BCUT2D eigenvalue weighted by molar-refractivity contribution is -0.547. The van der Waals surface area contributed by atoms with Gasteiger partial charge in [0, 0.05) is 24.2 Å². The van der Waals surface area contributed by atoms with Crippen molar-refractivity contribution in [2.24, 2.45) is 52.3 Å². The van der Waals surface area contributed by atoms with Crippen molar-refractivity contribution in [1.29, 1.82) is 0 Å². The quantitative estimate of drug-likeness (QED) is 0.220. The molecule has 4 aliphatic carbocycles. The van der Waals surface area contributed by atoms with Crippen LogP contribution in [-0.4, -0.2) is 23.0 Å². The highest BCUT2D eigenvalue weighted by Crippen LogP contribution is 2.68. The van der Waals surface area contributed by atoms with Crippen LogP contribution >= 0.6 is 0 Å². The molecule has 10 atom stereocenters. The van der Waals surface area contributed by atoms with E-state index in [-0.39, 0.29) is 28.3 Å². The molecule has 0 bridgehead atoms. The van der Waals surface area contributed by atoms with E-state index in [0.717, 1.165) is 37.0 Å². The van der Waals surface area contributed by atoms with Gasteiger partial charge in [0.1, 0.15) is 6.10 Å². The molecular weight excluding hydrogens is 426 g/mol. The summed E-state index contributed by atoms with van der Waals surface area (Å²) in [5.41, 5.74) is 0.345. The van der Waals surface area contributed by atoms with Crippen LogP contribution in [0.15, 0.2) is 0 Å². The van der Waals surface area contributed by atoms with Gasteiger partial charge in [0.2, 0.25) is 6.04 Å². The Balaban J connectivity index is 1.54. The fourth-order valence-electron chi connectivity index (χ4n) is 9.86. The lowest BCUT2D eigenvalue weighted by Gasteiger charge is -2.61. The predicted octanol–water partition coefficient (Wildman–Crippen LogP) is 7.29. The highest BCUT2D eigenvalue weighted by Gasteiger charge is 2.65. The Hall–Kier alpha value is -1.13. The smallest absolute Gasteiger partial charge is 0.302 e. The number of esters is 1. The molecule has 4 saturated carbocycles. The normalized spacial score (nSPS) is 44.6. The largest absolute Gasteiger partial charge is 0.463 e. The predicted molar refractivity (Wildman–Crippen MR) is 135 cm³/mol. The van der Waals surface area contributed by atoms with Crippen molar-refractivity contribution < 1.29 is 14.5 Å². The van der Waals surface area contributed by atoms with E-state index in [1.54, 1.807) is 0 Å². The van der Waals surface area contributed by atoms with Crippen LogP contribution in [0.2, 0.25) is 0 Å². The molecule has 34 heavy (non-hydrogen) atoms.